The first kappa shape index (κ1) is 29.5. The molecule has 2 rings (SSSR count). The molecule has 0 bridgehead atoms. The molecule has 200 valence electrons. The number of rotatable bonds is 15. The number of carbonyl (C=O) groups excluding carboxylic acids is 2. The van der Waals surface area contributed by atoms with Gasteiger partial charge in [-0.2, -0.15) is 0 Å². The number of hydrogen-bond acceptors (Lipinski definition) is 6. The van der Waals surface area contributed by atoms with Gasteiger partial charge in [-0.1, -0.05) is 60.7 Å². The van der Waals surface area contributed by atoms with Crippen LogP contribution in [0, 0.1) is 5.92 Å². The number of imide groups is 1. The van der Waals surface area contributed by atoms with Gasteiger partial charge in [-0.15, -0.1) is 0 Å². The van der Waals surface area contributed by atoms with Gasteiger partial charge in [0.1, 0.15) is 11.9 Å². The van der Waals surface area contributed by atoms with Crippen LogP contribution in [-0.2, 0) is 22.4 Å². The van der Waals surface area contributed by atoms with Crippen molar-refractivity contribution < 1.29 is 29.4 Å². The predicted octanol–water partition coefficient (Wildman–Crippen LogP) is 2.78. The Bertz CT molecular complexity index is 1020. The van der Waals surface area contributed by atoms with Crippen molar-refractivity contribution in [2.24, 2.45) is 5.92 Å². The van der Waals surface area contributed by atoms with Gasteiger partial charge >= 0.3 is 12.2 Å². The molecule has 0 aliphatic rings. The summed E-state index contributed by atoms with van der Waals surface area (Å²) in [4.78, 5) is 46.8. The highest BCUT2D eigenvalue weighted by molar-refractivity contribution is 5.94. The molecule has 0 aliphatic heterocycles. The predicted molar refractivity (Wildman–Crippen MR) is 139 cm³/mol. The third-order valence-corrected chi connectivity index (χ3v) is 6.17. The molecule has 0 fully saturated rings. The summed E-state index contributed by atoms with van der Waals surface area (Å²) in [5.74, 6) is -1.14. The average Bonchev–Trinajstić information content (AvgIpc) is 2.86. The van der Waals surface area contributed by atoms with Crippen molar-refractivity contribution in [2.75, 3.05) is 6.54 Å². The molecule has 4 atom stereocenters. The van der Waals surface area contributed by atoms with Gasteiger partial charge in [0.25, 0.3) is 0 Å². The molecule has 0 saturated carbocycles. The topological polar surface area (TPSA) is 157 Å². The highest BCUT2D eigenvalue weighted by Crippen LogP contribution is 2.29. The molecule has 0 heterocycles. The van der Waals surface area contributed by atoms with E-state index in [4.69, 9.17) is 5.11 Å². The van der Waals surface area contributed by atoms with Crippen molar-refractivity contribution in [2.45, 2.75) is 57.3 Å². The second-order valence-electron chi connectivity index (χ2n) is 9.13. The summed E-state index contributed by atoms with van der Waals surface area (Å²) in [7, 11) is 0. The summed E-state index contributed by atoms with van der Waals surface area (Å²) in [5, 5.41) is 29.7. The highest BCUT2D eigenvalue weighted by atomic mass is 16.4. The van der Waals surface area contributed by atoms with E-state index in [-0.39, 0.29) is 18.4 Å². The second kappa shape index (κ2) is 14.7. The lowest BCUT2D eigenvalue weighted by atomic mass is 9.79. The maximum atomic E-state index is 12.5. The summed E-state index contributed by atoms with van der Waals surface area (Å²) < 4.78 is 0. The molecule has 3 amide bonds. The quantitative estimate of drug-likeness (QED) is 0.121. The first-order chi connectivity index (χ1) is 17.6. The molecule has 2 aromatic carbocycles. The lowest BCUT2D eigenvalue weighted by molar-refractivity contribution is -0.123. The van der Waals surface area contributed by atoms with Gasteiger partial charge < -0.3 is 25.6 Å². The van der Waals surface area contributed by atoms with Gasteiger partial charge in [0.2, 0.25) is 5.91 Å². The molecule has 37 heavy (non-hydrogen) atoms. The molecule has 0 radical (unpaired) electrons. The Morgan fingerprint density at radius 2 is 1.51 bits per heavy atom. The van der Waals surface area contributed by atoms with Gasteiger partial charge in [0, 0.05) is 6.42 Å². The van der Waals surface area contributed by atoms with Crippen LogP contribution >= 0.6 is 0 Å². The Hall–Kier alpha value is -3.76. The number of carbonyl (C=O) groups is 4. The Morgan fingerprint density at radius 3 is 2.05 bits per heavy atom. The van der Waals surface area contributed by atoms with Crippen LogP contribution in [0.2, 0.25) is 0 Å². The highest BCUT2D eigenvalue weighted by Gasteiger charge is 2.42. The van der Waals surface area contributed by atoms with Crippen LogP contribution < -0.4 is 21.3 Å². The number of amides is 3. The van der Waals surface area contributed by atoms with Crippen molar-refractivity contribution in [3.8, 4) is 0 Å². The van der Waals surface area contributed by atoms with E-state index in [0.29, 0.717) is 25.8 Å². The van der Waals surface area contributed by atoms with Crippen molar-refractivity contribution in [1.29, 1.82) is 0 Å². The third-order valence-electron chi connectivity index (χ3n) is 6.17. The van der Waals surface area contributed by atoms with Gasteiger partial charge in [-0.3, -0.25) is 15.4 Å². The molecule has 0 saturated heterocycles. The Balaban J connectivity index is 2.50. The Labute approximate surface area is 216 Å². The fourth-order valence-electron chi connectivity index (χ4n) is 4.42. The van der Waals surface area contributed by atoms with E-state index in [1.165, 1.54) is 6.92 Å². The molecule has 6 N–H and O–H groups in total. The monoisotopic (exact) mass is 512 g/mol. The van der Waals surface area contributed by atoms with Crippen LogP contribution in [0.5, 0.6) is 0 Å². The smallest absolute Gasteiger partial charge is 0.411 e. The van der Waals surface area contributed by atoms with E-state index in [1.807, 2.05) is 66.0 Å². The molecular formula is C27H36N4O6. The third kappa shape index (κ3) is 10.0. The summed E-state index contributed by atoms with van der Waals surface area (Å²) >= 11 is 0. The Kier molecular flexibility index (Phi) is 11.7. The number of carboxylic acid groups (broad SMARTS) is 2. The van der Waals surface area contributed by atoms with Crippen molar-refractivity contribution >= 4 is 24.4 Å². The van der Waals surface area contributed by atoms with E-state index in [9.17, 15) is 24.3 Å². The van der Waals surface area contributed by atoms with E-state index in [1.54, 1.807) is 6.92 Å². The zero-order chi connectivity index (χ0) is 27.3. The Morgan fingerprint density at radius 1 is 0.919 bits per heavy atom. The lowest BCUT2D eigenvalue weighted by Crippen LogP contribution is -2.68. The van der Waals surface area contributed by atoms with Crippen molar-refractivity contribution in [1.82, 2.24) is 21.3 Å². The first-order valence-electron chi connectivity index (χ1n) is 12.2. The minimum atomic E-state index is -1.49. The average molecular weight is 513 g/mol. The number of hydrogen-bond donors (Lipinski definition) is 6. The van der Waals surface area contributed by atoms with Crippen LogP contribution in [0.25, 0.3) is 0 Å². The van der Waals surface area contributed by atoms with Gasteiger partial charge in [-0.05, 0) is 56.7 Å². The van der Waals surface area contributed by atoms with E-state index < -0.39 is 29.8 Å². The van der Waals surface area contributed by atoms with Crippen molar-refractivity contribution in [3.05, 3.63) is 71.8 Å². The molecule has 0 spiro atoms. The molecule has 2 unspecified atom stereocenters. The summed E-state index contributed by atoms with van der Waals surface area (Å²) in [6.07, 6.45) is -0.0871. The maximum Gasteiger partial charge on any atom is 0.411 e. The normalized spacial score (nSPS) is 15.0. The zero-order valence-electron chi connectivity index (χ0n) is 21.1. The SMILES string of the molecule is CC(C=O)NCCC[C@@H](Cc1ccccc1)C(Cc1ccccc1)(NC(=O)O)N[C@@H](C)C(=O)NC(=O)O. The molecule has 2 aromatic rings. The fourth-order valence-corrected chi connectivity index (χ4v) is 4.42. The lowest BCUT2D eigenvalue weighted by Gasteiger charge is -2.44. The van der Waals surface area contributed by atoms with Gasteiger partial charge in [-0.25, -0.2) is 9.59 Å². The minimum Gasteiger partial charge on any atom is -0.465 e. The molecule has 10 heteroatoms. The van der Waals surface area contributed by atoms with Crippen LogP contribution in [-0.4, -0.2) is 58.9 Å². The number of nitrogens with one attached hydrogen (secondary N) is 4. The largest absolute Gasteiger partial charge is 0.465 e. The first-order valence-corrected chi connectivity index (χ1v) is 12.2. The van der Waals surface area contributed by atoms with E-state index >= 15 is 0 Å². The van der Waals surface area contributed by atoms with Gasteiger partial charge in [0.15, 0.2) is 0 Å². The fraction of sp³-hybridized carbons (Fsp3) is 0.407. The zero-order valence-corrected chi connectivity index (χ0v) is 21.1. The summed E-state index contributed by atoms with van der Waals surface area (Å²) in [5.41, 5.74) is 0.491. The minimum absolute atomic E-state index is 0.209. The molecule has 0 aliphatic carbocycles. The number of benzene rings is 2. The molecule has 10 nitrogen and oxygen atoms in total. The van der Waals surface area contributed by atoms with Crippen LogP contribution in [0.4, 0.5) is 9.59 Å². The summed E-state index contributed by atoms with van der Waals surface area (Å²) in [6.45, 7) is 3.79. The van der Waals surface area contributed by atoms with Crippen LogP contribution in [0.15, 0.2) is 60.7 Å². The number of aldehydes is 1. The maximum absolute atomic E-state index is 12.5. The van der Waals surface area contributed by atoms with Crippen LogP contribution in [0.1, 0.15) is 37.8 Å². The molecular weight excluding hydrogens is 476 g/mol. The standard InChI is InChI=1S/C27H36N4O6/c1-19(18-32)28-15-9-14-23(16-21-10-5-3-6-11-21)27(31-26(36)37,17-22-12-7-4-8-13-22)30-20(2)24(33)29-25(34)35/h3-8,10-13,18-20,23,28,30-31H,9,14-17H2,1-2H3,(H,29,33)(H,34,35)(H,36,37)/t19?,20-,23-,27?/m0/s1. The van der Waals surface area contributed by atoms with Gasteiger partial charge in [0.05, 0.1) is 12.1 Å². The van der Waals surface area contributed by atoms with Crippen molar-refractivity contribution in [3.63, 3.8) is 0 Å². The van der Waals surface area contributed by atoms with Crippen LogP contribution in [0.3, 0.4) is 0 Å². The van der Waals surface area contributed by atoms with E-state index in [2.05, 4.69) is 16.0 Å². The van der Waals surface area contributed by atoms with E-state index in [0.717, 1.165) is 17.4 Å². The summed E-state index contributed by atoms with van der Waals surface area (Å²) in [6, 6.07) is 17.6. The second-order valence-corrected chi connectivity index (χ2v) is 9.13. The molecule has 0 aromatic heterocycles.